The SMILES string of the molecule is CCN1CC(O)N(c2ncns2)C1=O. The van der Waals surface area contributed by atoms with Gasteiger partial charge in [-0.25, -0.2) is 14.7 Å². The second-order valence-electron chi connectivity index (χ2n) is 2.90. The molecule has 1 atom stereocenters. The number of β-amino-alcohol motifs (C(OH)–C–C–N with tert-alkyl or cyclic N) is 1. The Hall–Kier alpha value is -1.21. The number of rotatable bonds is 2. The van der Waals surface area contributed by atoms with Gasteiger partial charge >= 0.3 is 6.03 Å². The number of carbonyl (C=O) groups is 1. The molecule has 1 aromatic heterocycles. The summed E-state index contributed by atoms with van der Waals surface area (Å²) in [7, 11) is 0. The Labute approximate surface area is 84.9 Å². The number of aromatic nitrogens is 2. The number of aliphatic hydroxyl groups excluding tert-OH is 1. The zero-order chi connectivity index (χ0) is 10.1. The van der Waals surface area contributed by atoms with Crippen LogP contribution in [0.5, 0.6) is 0 Å². The van der Waals surface area contributed by atoms with Gasteiger partial charge in [-0.15, -0.1) is 0 Å². The summed E-state index contributed by atoms with van der Waals surface area (Å²) in [5.41, 5.74) is 0. The fourth-order valence-electron chi connectivity index (χ4n) is 1.38. The highest BCUT2D eigenvalue weighted by molar-refractivity contribution is 7.09. The summed E-state index contributed by atoms with van der Waals surface area (Å²) in [6.07, 6.45) is 0.560. The first-order valence-electron chi connectivity index (χ1n) is 4.27. The molecule has 7 heteroatoms. The minimum atomic E-state index is -0.810. The van der Waals surface area contributed by atoms with E-state index in [1.165, 1.54) is 11.2 Å². The van der Waals surface area contributed by atoms with E-state index in [2.05, 4.69) is 9.36 Å². The van der Waals surface area contributed by atoms with Crippen LogP contribution in [-0.2, 0) is 0 Å². The van der Waals surface area contributed by atoms with Gasteiger partial charge < -0.3 is 10.0 Å². The molecule has 6 nitrogen and oxygen atoms in total. The van der Waals surface area contributed by atoms with Crippen LogP contribution < -0.4 is 4.90 Å². The number of amides is 2. The lowest BCUT2D eigenvalue weighted by Gasteiger charge is -2.14. The summed E-state index contributed by atoms with van der Waals surface area (Å²) in [5, 5.41) is 10.1. The van der Waals surface area contributed by atoms with E-state index in [9.17, 15) is 9.90 Å². The first-order chi connectivity index (χ1) is 6.74. The van der Waals surface area contributed by atoms with Crippen molar-refractivity contribution in [2.24, 2.45) is 0 Å². The van der Waals surface area contributed by atoms with Crippen LogP contribution in [0.25, 0.3) is 0 Å². The van der Waals surface area contributed by atoms with Crippen LogP contribution in [0.1, 0.15) is 6.92 Å². The van der Waals surface area contributed by atoms with Gasteiger partial charge in [0.25, 0.3) is 0 Å². The van der Waals surface area contributed by atoms with Crippen LogP contribution in [0, 0.1) is 0 Å². The summed E-state index contributed by atoms with van der Waals surface area (Å²) >= 11 is 1.10. The molecule has 0 aliphatic carbocycles. The van der Waals surface area contributed by atoms with Gasteiger partial charge in [-0.3, -0.25) is 0 Å². The molecule has 1 fully saturated rings. The highest BCUT2D eigenvalue weighted by Gasteiger charge is 2.37. The first kappa shape index (κ1) is 9.35. The lowest BCUT2D eigenvalue weighted by molar-refractivity contribution is 0.178. The van der Waals surface area contributed by atoms with Crippen molar-refractivity contribution < 1.29 is 9.90 Å². The van der Waals surface area contributed by atoms with Crippen molar-refractivity contribution in [1.29, 1.82) is 0 Å². The number of aliphatic hydroxyl groups is 1. The maximum absolute atomic E-state index is 11.7. The summed E-state index contributed by atoms with van der Waals surface area (Å²) in [6.45, 7) is 2.79. The molecule has 0 aromatic carbocycles. The van der Waals surface area contributed by atoms with Gasteiger partial charge in [0.1, 0.15) is 6.33 Å². The molecule has 1 aromatic rings. The summed E-state index contributed by atoms with van der Waals surface area (Å²) in [6, 6.07) is -0.211. The Balaban J connectivity index is 2.24. The predicted octanol–water partition coefficient (Wildman–Crippen LogP) is 0.118. The van der Waals surface area contributed by atoms with Crippen molar-refractivity contribution in [3.8, 4) is 0 Å². The second-order valence-corrected chi connectivity index (χ2v) is 3.65. The molecule has 1 unspecified atom stereocenters. The zero-order valence-electron chi connectivity index (χ0n) is 7.62. The number of urea groups is 1. The van der Waals surface area contributed by atoms with E-state index >= 15 is 0 Å². The number of carbonyl (C=O) groups excluding carboxylic acids is 1. The van der Waals surface area contributed by atoms with E-state index in [0.29, 0.717) is 18.2 Å². The standard InChI is InChI=1S/C7H10N4O2S/c1-2-10-3-5(12)11(7(10)13)6-8-4-9-14-6/h4-5,12H,2-3H2,1H3. The molecule has 1 saturated heterocycles. The fourth-order valence-corrected chi connectivity index (χ4v) is 1.95. The van der Waals surface area contributed by atoms with Crippen molar-refractivity contribution in [2.45, 2.75) is 13.2 Å². The average Bonchev–Trinajstić information content (AvgIpc) is 2.74. The molecule has 0 spiro atoms. The van der Waals surface area contributed by atoms with Crippen LogP contribution in [0.3, 0.4) is 0 Å². The van der Waals surface area contributed by atoms with Crippen LogP contribution in [-0.4, -0.2) is 44.7 Å². The molecule has 76 valence electrons. The largest absolute Gasteiger partial charge is 0.371 e. The number of nitrogens with zero attached hydrogens (tertiary/aromatic N) is 4. The Bertz CT molecular complexity index is 328. The molecule has 1 aliphatic heterocycles. The van der Waals surface area contributed by atoms with Crippen LogP contribution in [0.4, 0.5) is 9.93 Å². The quantitative estimate of drug-likeness (QED) is 0.759. The van der Waals surface area contributed by atoms with Gasteiger partial charge in [-0.2, -0.15) is 4.37 Å². The topological polar surface area (TPSA) is 69.6 Å². The van der Waals surface area contributed by atoms with E-state index in [0.717, 1.165) is 11.5 Å². The smallest absolute Gasteiger partial charge is 0.328 e. The van der Waals surface area contributed by atoms with Gasteiger partial charge in [0.15, 0.2) is 6.23 Å². The van der Waals surface area contributed by atoms with E-state index in [-0.39, 0.29) is 6.03 Å². The van der Waals surface area contributed by atoms with Gasteiger partial charge in [0.2, 0.25) is 5.13 Å². The third-order valence-corrected chi connectivity index (χ3v) is 2.76. The molecular formula is C7H10N4O2S. The summed E-state index contributed by atoms with van der Waals surface area (Å²) < 4.78 is 3.79. The van der Waals surface area contributed by atoms with Gasteiger partial charge in [0.05, 0.1) is 6.54 Å². The second kappa shape index (κ2) is 3.50. The third kappa shape index (κ3) is 1.34. The van der Waals surface area contributed by atoms with Crippen LogP contribution in [0.2, 0.25) is 0 Å². The van der Waals surface area contributed by atoms with E-state index in [1.807, 2.05) is 6.92 Å². The predicted molar refractivity (Wildman–Crippen MR) is 51.0 cm³/mol. The molecule has 2 heterocycles. The van der Waals surface area contributed by atoms with Crippen molar-refractivity contribution >= 4 is 22.7 Å². The normalized spacial score (nSPS) is 22.1. The number of likely N-dealkylation sites (N-methyl/N-ethyl adjacent to an activating group) is 1. The molecule has 2 rings (SSSR count). The molecule has 0 bridgehead atoms. The van der Waals surface area contributed by atoms with Crippen molar-refractivity contribution in [3.05, 3.63) is 6.33 Å². The van der Waals surface area contributed by atoms with E-state index in [1.54, 1.807) is 4.90 Å². The Kier molecular flexibility index (Phi) is 2.34. The maximum Gasteiger partial charge on any atom is 0.328 e. The zero-order valence-corrected chi connectivity index (χ0v) is 8.44. The Morgan fingerprint density at radius 1 is 1.79 bits per heavy atom. The van der Waals surface area contributed by atoms with Gasteiger partial charge in [0, 0.05) is 18.1 Å². The minimum absolute atomic E-state index is 0.211. The van der Waals surface area contributed by atoms with E-state index in [4.69, 9.17) is 0 Å². The minimum Gasteiger partial charge on any atom is -0.371 e. The van der Waals surface area contributed by atoms with Crippen molar-refractivity contribution in [2.75, 3.05) is 18.0 Å². The molecule has 0 radical (unpaired) electrons. The fraction of sp³-hybridized carbons (Fsp3) is 0.571. The van der Waals surface area contributed by atoms with Crippen LogP contribution >= 0.6 is 11.5 Å². The lowest BCUT2D eigenvalue weighted by Crippen LogP contribution is -2.34. The highest BCUT2D eigenvalue weighted by Crippen LogP contribution is 2.23. The van der Waals surface area contributed by atoms with Gasteiger partial charge in [-0.05, 0) is 6.92 Å². The Morgan fingerprint density at radius 2 is 2.57 bits per heavy atom. The molecule has 1 N–H and O–H groups in total. The highest BCUT2D eigenvalue weighted by atomic mass is 32.1. The molecule has 2 amide bonds. The summed E-state index contributed by atoms with van der Waals surface area (Å²) in [4.78, 5) is 18.4. The molecule has 14 heavy (non-hydrogen) atoms. The van der Waals surface area contributed by atoms with Crippen molar-refractivity contribution in [1.82, 2.24) is 14.3 Å². The van der Waals surface area contributed by atoms with Crippen molar-refractivity contribution in [3.63, 3.8) is 0 Å². The molecule has 0 saturated carbocycles. The number of anilines is 1. The molecule has 1 aliphatic rings. The maximum atomic E-state index is 11.7. The van der Waals surface area contributed by atoms with Crippen LogP contribution in [0.15, 0.2) is 6.33 Å². The monoisotopic (exact) mass is 214 g/mol. The first-order valence-corrected chi connectivity index (χ1v) is 5.04. The Morgan fingerprint density at radius 3 is 3.07 bits per heavy atom. The number of hydrogen-bond donors (Lipinski definition) is 1. The van der Waals surface area contributed by atoms with E-state index < -0.39 is 6.23 Å². The summed E-state index contributed by atoms with van der Waals surface area (Å²) in [5.74, 6) is 0. The lowest BCUT2D eigenvalue weighted by atomic mass is 10.5. The van der Waals surface area contributed by atoms with Gasteiger partial charge in [-0.1, -0.05) is 0 Å². The number of hydrogen-bond acceptors (Lipinski definition) is 5. The third-order valence-electron chi connectivity index (χ3n) is 2.10. The molecular weight excluding hydrogens is 204 g/mol. The average molecular weight is 214 g/mol.